The van der Waals surface area contributed by atoms with Crippen LogP contribution in [0.5, 0.6) is 5.75 Å². The molecule has 0 unspecified atom stereocenters. The molecule has 0 bridgehead atoms. The molecule has 1 aliphatic rings. The molecular formula is C14H18BrN3O. The molecule has 1 fully saturated rings. The van der Waals surface area contributed by atoms with Crippen molar-refractivity contribution in [2.75, 3.05) is 26.2 Å². The van der Waals surface area contributed by atoms with Crippen molar-refractivity contribution in [3.05, 3.63) is 27.7 Å². The molecular weight excluding hydrogens is 306 g/mol. The number of rotatable bonds is 3. The molecule has 0 aliphatic carbocycles. The van der Waals surface area contributed by atoms with Gasteiger partial charge in [-0.1, -0.05) is 22.9 Å². The van der Waals surface area contributed by atoms with Crippen LogP contribution >= 0.6 is 15.9 Å². The van der Waals surface area contributed by atoms with Gasteiger partial charge in [0, 0.05) is 42.3 Å². The number of halogens is 1. The number of aromatic hydroxyl groups is 1. The third-order valence-electron chi connectivity index (χ3n) is 3.60. The highest BCUT2D eigenvalue weighted by atomic mass is 79.9. The van der Waals surface area contributed by atoms with E-state index >= 15 is 0 Å². The molecule has 0 saturated carbocycles. The molecule has 1 atom stereocenters. The van der Waals surface area contributed by atoms with Gasteiger partial charge in [-0.3, -0.25) is 4.90 Å². The van der Waals surface area contributed by atoms with Crippen LogP contribution in [-0.4, -0.2) is 36.2 Å². The lowest BCUT2D eigenvalue weighted by Gasteiger charge is -2.35. The topological polar surface area (TPSA) is 59.3 Å². The lowest BCUT2D eigenvalue weighted by atomic mass is 9.98. The largest absolute Gasteiger partial charge is 0.506 e. The zero-order valence-electron chi connectivity index (χ0n) is 11.0. The SMILES string of the molecule is CC[C@H](c1c(Br)ccc(C#N)c1O)N1CCNCC1. The van der Waals surface area contributed by atoms with Crippen molar-refractivity contribution in [2.45, 2.75) is 19.4 Å². The van der Waals surface area contributed by atoms with E-state index < -0.39 is 0 Å². The molecule has 0 spiro atoms. The average molecular weight is 324 g/mol. The summed E-state index contributed by atoms with van der Waals surface area (Å²) in [6.45, 7) is 5.96. The molecule has 1 aliphatic heterocycles. The maximum absolute atomic E-state index is 10.3. The van der Waals surface area contributed by atoms with Crippen LogP contribution in [-0.2, 0) is 0 Å². The summed E-state index contributed by atoms with van der Waals surface area (Å²) in [4.78, 5) is 2.36. The van der Waals surface area contributed by atoms with Gasteiger partial charge >= 0.3 is 0 Å². The minimum Gasteiger partial charge on any atom is -0.506 e. The summed E-state index contributed by atoms with van der Waals surface area (Å²) in [5.41, 5.74) is 1.18. The standard InChI is InChI=1S/C14H18BrN3O/c1-2-12(18-7-5-17-6-8-18)13-11(15)4-3-10(9-16)14(13)19/h3-4,12,17,19H,2,5-8H2,1H3/t12-/m1/s1. The zero-order valence-corrected chi connectivity index (χ0v) is 12.6. The highest BCUT2D eigenvalue weighted by Crippen LogP contribution is 2.38. The fraction of sp³-hybridized carbons (Fsp3) is 0.500. The first kappa shape index (κ1) is 14.3. The van der Waals surface area contributed by atoms with Gasteiger partial charge in [0.1, 0.15) is 11.8 Å². The Kier molecular flexibility index (Phi) is 4.81. The maximum Gasteiger partial charge on any atom is 0.139 e. The van der Waals surface area contributed by atoms with Gasteiger partial charge < -0.3 is 10.4 Å². The fourth-order valence-electron chi connectivity index (χ4n) is 2.63. The molecule has 0 radical (unpaired) electrons. The molecule has 1 aromatic carbocycles. The summed E-state index contributed by atoms with van der Waals surface area (Å²) >= 11 is 3.51. The fourth-order valence-corrected chi connectivity index (χ4v) is 3.21. The second-order valence-corrected chi connectivity index (χ2v) is 5.53. The lowest BCUT2D eigenvalue weighted by Crippen LogP contribution is -2.45. The van der Waals surface area contributed by atoms with Crippen molar-refractivity contribution in [1.29, 1.82) is 5.26 Å². The van der Waals surface area contributed by atoms with Gasteiger partial charge in [0.05, 0.1) is 5.56 Å². The van der Waals surface area contributed by atoms with E-state index in [4.69, 9.17) is 5.26 Å². The van der Waals surface area contributed by atoms with E-state index in [1.54, 1.807) is 6.07 Å². The summed E-state index contributed by atoms with van der Waals surface area (Å²) < 4.78 is 0.870. The van der Waals surface area contributed by atoms with E-state index in [1.165, 1.54) is 0 Å². The molecule has 1 saturated heterocycles. The average Bonchev–Trinajstić information content (AvgIpc) is 2.44. The monoisotopic (exact) mass is 323 g/mol. The van der Waals surface area contributed by atoms with Crippen molar-refractivity contribution in [3.63, 3.8) is 0 Å². The highest BCUT2D eigenvalue weighted by Gasteiger charge is 2.26. The maximum atomic E-state index is 10.3. The smallest absolute Gasteiger partial charge is 0.139 e. The number of hydrogen-bond acceptors (Lipinski definition) is 4. The molecule has 19 heavy (non-hydrogen) atoms. The Balaban J connectivity index is 2.40. The number of nitrogens with one attached hydrogen (secondary N) is 1. The van der Waals surface area contributed by atoms with Gasteiger partial charge in [0.25, 0.3) is 0 Å². The number of phenolic OH excluding ortho intramolecular Hbond substituents is 1. The van der Waals surface area contributed by atoms with E-state index in [2.05, 4.69) is 33.1 Å². The summed E-state index contributed by atoms with van der Waals surface area (Å²) in [6, 6.07) is 5.68. The first-order valence-corrected chi connectivity index (χ1v) is 7.34. The molecule has 102 valence electrons. The van der Waals surface area contributed by atoms with Crippen LogP contribution < -0.4 is 5.32 Å². The predicted molar refractivity (Wildman–Crippen MR) is 78.0 cm³/mol. The Morgan fingerprint density at radius 1 is 1.47 bits per heavy atom. The number of nitrogens with zero attached hydrogens (tertiary/aromatic N) is 2. The number of piperazine rings is 1. The highest BCUT2D eigenvalue weighted by molar-refractivity contribution is 9.10. The van der Waals surface area contributed by atoms with Gasteiger partial charge in [-0.25, -0.2) is 0 Å². The molecule has 5 heteroatoms. The van der Waals surface area contributed by atoms with E-state index in [-0.39, 0.29) is 11.8 Å². The molecule has 1 heterocycles. The molecule has 0 amide bonds. The Hall–Kier alpha value is -1.09. The van der Waals surface area contributed by atoms with E-state index in [9.17, 15) is 5.11 Å². The second kappa shape index (κ2) is 6.38. The van der Waals surface area contributed by atoms with E-state index in [0.717, 1.165) is 42.6 Å². The Morgan fingerprint density at radius 3 is 2.74 bits per heavy atom. The van der Waals surface area contributed by atoms with E-state index in [1.807, 2.05) is 12.1 Å². The van der Waals surface area contributed by atoms with Gasteiger partial charge in [0.2, 0.25) is 0 Å². The van der Waals surface area contributed by atoms with Crippen LogP contribution in [0.25, 0.3) is 0 Å². The Morgan fingerprint density at radius 2 is 2.16 bits per heavy atom. The zero-order chi connectivity index (χ0) is 13.8. The quantitative estimate of drug-likeness (QED) is 0.896. The number of nitriles is 1. The lowest BCUT2D eigenvalue weighted by molar-refractivity contribution is 0.166. The van der Waals surface area contributed by atoms with Crippen molar-refractivity contribution in [1.82, 2.24) is 10.2 Å². The first-order chi connectivity index (χ1) is 9.19. The minimum absolute atomic E-state index is 0.113. The summed E-state index contributed by atoms with van der Waals surface area (Å²) in [5, 5.41) is 22.7. The van der Waals surface area contributed by atoms with Crippen LogP contribution in [0.2, 0.25) is 0 Å². The minimum atomic E-state index is 0.113. The number of phenols is 1. The van der Waals surface area contributed by atoms with Crippen LogP contribution in [0, 0.1) is 11.3 Å². The first-order valence-electron chi connectivity index (χ1n) is 6.55. The van der Waals surface area contributed by atoms with Gasteiger partial charge in [0.15, 0.2) is 0 Å². The van der Waals surface area contributed by atoms with E-state index in [0.29, 0.717) is 5.56 Å². The second-order valence-electron chi connectivity index (χ2n) is 4.68. The van der Waals surface area contributed by atoms with Crippen molar-refractivity contribution in [3.8, 4) is 11.8 Å². The van der Waals surface area contributed by atoms with Crippen LogP contribution in [0.15, 0.2) is 16.6 Å². The van der Waals surface area contributed by atoms with Crippen molar-refractivity contribution in [2.24, 2.45) is 0 Å². The van der Waals surface area contributed by atoms with Gasteiger partial charge in [-0.15, -0.1) is 0 Å². The molecule has 4 nitrogen and oxygen atoms in total. The Bertz CT molecular complexity index is 492. The van der Waals surface area contributed by atoms with Gasteiger partial charge in [-0.2, -0.15) is 5.26 Å². The number of benzene rings is 1. The Labute approximate surface area is 122 Å². The number of hydrogen-bond donors (Lipinski definition) is 2. The summed E-state index contributed by atoms with van der Waals surface area (Å²) in [6.07, 6.45) is 0.904. The molecule has 1 aromatic rings. The van der Waals surface area contributed by atoms with Crippen LogP contribution in [0.3, 0.4) is 0 Å². The molecule has 0 aromatic heterocycles. The predicted octanol–water partition coefficient (Wildman–Crippen LogP) is 2.38. The van der Waals surface area contributed by atoms with Crippen LogP contribution in [0.1, 0.15) is 30.5 Å². The summed E-state index contributed by atoms with van der Waals surface area (Å²) in [7, 11) is 0. The third kappa shape index (κ3) is 2.92. The summed E-state index contributed by atoms with van der Waals surface area (Å²) in [5.74, 6) is 0.113. The van der Waals surface area contributed by atoms with Crippen LogP contribution in [0.4, 0.5) is 0 Å². The molecule has 2 rings (SSSR count). The normalized spacial score (nSPS) is 17.9. The third-order valence-corrected chi connectivity index (χ3v) is 4.29. The van der Waals surface area contributed by atoms with Crippen molar-refractivity contribution >= 4 is 15.9 Å². The molecule has 2 N–H and O–H groups in total. The van der Waals surface area contributed by atoms with Crippen molar-refractivity contribution < 1.29 is 5.11 Å². The van der Waals surface area contributed by atoms with Gasteiger partial charge in [-0.05, 0) is 18.6 Å².